The largest absolute Gasteiger partial charge is 0.416 e. The Bertz CT molecular complexity index is 2460. The molecule has 0 amide bonds. The minimum absolute atomic E-state index is 0.121. The van der Waals surface area contributed by atoms with Gasteiger partial charge in [0.2, 0.25) is 0 Å². The Morgan fingerprint density at radius 3 is 1.12 bits per heavy atom. The highest BCUT2D eigenvalue weighted by Gasteiger charge is 2.31. The molecule has 7 rings (SSSR count). The quantitative estimate of drug-likeness (QED) is 0.152. The van der Waals surface area contributed by atoms with Crippen molar-refractivity contribution in [3.05, 3.63) is 201 Å². The molecule has 0 atom stereocenters. The van der Waals surface area contributed by atoms with Gasteiger partial charge >= 0.3 is 6.18 Å². The van der Waals surface area contributed by atoms with Crippen LogP contribution in [0.15, 0.2) is 134 Å². The summed E-state index contributed by atoms with van der Waals surface area (Å²) in [5, 5.41) is 1.23. The second kappa shape index (κ2) is 26.0. The molecule has 7 aromatic rings. The smallest absolute Gasteiger partial charge is 0.261 e. The third-order valence-corrected chi connectivity index (χ3v) is 11.8. The lowest BCUT2D eigenvalue weighted by Gasteiger charge is -2.20. The summed E-state index contributed by atoms with van der Waals surface area (Å²) < 4.78 is 37.1. The normalized spacial score (nSPS) is 12.0. The van der Waals surface area contributed by atoms with Crippen molar-refractivity contribution in [2.75, 3.05) is 0 Å². The molecule has 4 heterocycles. The molecule has 0 aliphatic rings. The van der Waals surface area contributed by atoms with Crippen LogP contribution >= 0.6 is 0 Å². The van der Waals surface area contributed by atoms with Crippen LogP contribution in [0.5, 0.6) is 0 Å². The lowest BCUT2D eigenvalue weighted by molar-refractivity contribution is -0.137. The van der Waals surface area contributed by atoms with Gasteiger partial charge < -0.3 is 0 Å². The predicted molar refractivity (Wildman–Crippen MR) is 308 cm³/mol. The first kappa shape index (κ1) is 63.4. The van der Waals surface area contributed by atoms with Crippen LogP contribution in [0.2, 0.25) is 0 Å². The van der Waals surface area contributed by atoms with Gasteiger partial charge in [-0.3, -0.25) is 19.9 Å². The summed E-state index contributed by atoms with van der Waals surface area (Å²) in [6, 6.07) is 37.4. The van der Waals surface area contributed by atoms with Crippen LogP contribution in [0.3, 0.4) is 0 Å². The number of hydrogen-bond donors (Lipinski definition) is 0. The molecular formula is C66H91F3N4. The highest BCUT2D eigenvalue weighted by Crippen LogP contribution is 2.33. The molecular weight excluding hydrogens is 906 g/mol. The lowest BCUT2D eigenvalue weighted by Crippen LogP contribution is -2.13. The van der Waals surface area contributed by atoms with Crippen LogP contribution in [0.25, 0.3) is 10.9 Å². The molecule has 0 spiro atoms. The van der Waals surface area contributed by atoms with Gasteiger partial charge in [0.1, 0.15) is 0 Å². The third-order valence-electron chi connectivity index (χ3n) is 11.8. The molecule has 0 bridgehead atoms. The van der Waals surface area contributed by atoms with E-state index in [0.717, 1.165) is 34.4 Å². The number of hydrogen-bond acceptors (Lipinski definition) is 4. The number of benzene rings is 3. The molecule has 0 radical (unpaired) electrons. The van der Waals surface area contributed by atoms with Gasteiger partial charge in [-0.05, 0) is 115 Å². The van der Waals surface area contributed by atoms with Crippen molar-refractivity contribution in [3.8, 4) is 0 Å². The number of rotatable bonds is 0. The molecule has 0 aliphatic heterocycles. The molecule has 4 aromatic heterocycles. The number of fused-ring (bicyclic) bond motifs is 1. The molecule has 3 aromatic carbocycles. The van der Waals surface area contributed by atoms with Gasteiger partial charge in [0.15, 0.2) is 0 Å². The summed E-state index contributed by atoms with van der Waals surface area (Å²) in [4.78, 5) is 17.7. The summed E-state index contributed by atoms with van der Waals surface area (Å²) in [6.45, 7) is 48.9. The fourth-order valence-electron chi connectivity index (χ4n) is 6.66. The zero-order valence-electron chi connectivity index (χ0n) is 49.1. The Kier molecular flexibility index (Phi) is 22.6. The fourth-order valence-corrected chi connectivity index (χ4v) is 6.66. The summed E-state index contributed by atoms with van der Waals surface area (Å²) in [6.07, 6.45) is 1.54. The monoisotopic (exact) mass is 997 g/mol. The van der Waals surface area contributed by atoms with Gasteiger partial charge in [-0.25, -0.2) is 0 Å². The van der Waals surface area contributed by atoms with Gasteiger partial charge in [-0.2, -0.15) is 13.2 Å². The molecule has 0 saturated heterocycles. The zero-order chi connectivity index (χ0) is 56.0. The highest BCUT2D eigenvalue weighted by molar-refractivity contribution is 5.81. The Morgan fingerprint density at radius 2 is 0.740 bits per heavy atom. The third kappa shape index (κ3) is 23.0. The second-order valence-electron chi connectivity index (χ2n) is 25.4. The molecule has 7 heteroatoms. The molecule has 396 valence electrons. The van der Waals surface area contributed by atoms with E-state index < -0.39 is 11.7 Å². The highest BCUT2D eigenvalue weighted by atomic mass is 19.4. The van der Waals surface area contributed by atoms with Crippen LogP contribution in [-0.2, 0) is 38.7 Å². The van der Waals surface area contributed by atoms with Gasteiger partial charge in [-0.15, -0.1) is 0 Å². The predicted octanol–water partition coefficient (Wildman–Crippen LogP) is 19.2. The lowest BCUT2D eigenvalue weighted by atomic mass is 9.86. The van der Waals surface area contributed by atoms with E-state index in [-0.39, 0.29) is 32.5 Å². The van der Waals surface area contributed by atoms with E-state index >= 15 is 0 Å². The van der Waals surface area contributed by atoms with Gasteiger partial charge in [0, 0.05) is 63.0 Å². The summed E-state index contributed by atoms with van der Waals surface area (Å²) in [5.74, 6) is 0. The molecule has 0 saturated carbocycles. The summed E-state index contributed by atoms with van der Waals surface area (Å²) >= 11 is 0. The van der Waals surface area contributed by atoms with Gasteiger partial charge in [0.05, 0.1) is 11.1 Å². The van der Waals surface area contributed by atoms with Crippen molar-refractivity contribution in [3.63, 3.8) is 0 Å². The van der Waals surface area contributed by atoms with Crippen LogP contribution in [-0.4, -0.2) is 19.9 Å². The van der Waals surface area contributed by atoms with Crippen LogP contribution in [0.1, 0.15) is 192 Å². The van der Waals surface area contributed by atoms with E-state index in [9.17, 15) is 13.2 Å². The number of halogens is 3. The van der Waals surface area contributed by atoms with Crippen molar-refractivity contribution in [1.29, 1.82) is 0 Å². The number of pyridine rings is 4. The van der Waals surface area contributed by atoms with Crippen molar-refractivity contribution >= 4 is 10.9 Å². The van der Waals surface area contributed by atoms with E-state index in [4.69, 9.17) is 4.98 Å². The maximum absolute atomic E-state index is 12.4. The van der Waals surface area contributed by atoms with E-state index in [1.165, 1.54) is 50.9 Å². The van der Waals surface area contributed by atoms with E-state index in [1.807, 2.05) is 46.3 Å². The minimum Gasteiger partial charge on any atom is -0.261 e. The first-order valence-corrected chi connectivity index (χ1v) is 25.6. The Morgan fingerprint density at radius 1 is 0.329 bits per heavy atom. The van der Waals surface area contributed by atoms with Gasteiger partial charge in [0.25, 0.3) is 0 Å². The zero-order valence-corrected chi connectivity index (χ0v) is 49.1. The van der Waals surface area contributed by atoms with Crippen molar-refractivity contribution in [2.24, 2.45) is 0 Å². The Labute approximate surface area is 441 Å². The second-order valence-corrected chi connectivity index (χ2v) is 25.4. The first-order chi connectivity index (χ1) is 33.2. The molecule has 4 nitrogen and oxygen atoms in total. The standard InChI is InChI=1S/C14H17N.C11H13F3.C11H16.3C10H15N/c1-10-6-5-7-11-8-9-12(14(2,3)4)15-13(10)11;1-10(2,3)8-5-4-6-9(7-8)11(12,13)14;1-9-5-7-10(8-6-9)11(2,3)4;1-8-5-6-9(7-11-8)10(2,3)4;2*1-8-5-6-9(11-7-8)10(2,3)4/h5-9H,1-4H3;4-7H,1-3H3;5-8H,1-4H3;3*5-7H,1-4H3. The van der Waals surface area contributed by atoms with Gasteiger partial charge in [-0.1, -0.05) is 215 Å². The molecule has 0 N–H and O–H groups in total. The molecule has 0 aliphatic carbocycles. The summed E-state index contributed by atoms with van der Waals surface area (Å²) in [7, 11) is 0. The Balaban J connectivity index is 0.000000302. The maximum atomic E-state index is 12.4. The van der Waals surface area contributed by atoms with Crippen molar-refractivity contribution < 1.29 is 13.2 Å². The first-order valence-electron chi connectivity index (χ1n) is 25.6. The number of nitrogens with zero attached hydrogens (tertiary/aromatic N) is 4. The van der Waals surface area contributed by atoms with E-state index in [1.54, 1.807) is 6.07 Å². The SMILES string of the molecule is CC(C)(C)c1cccc(C(F)(F)F)c1.Cc1ccc(C(C)(C)C)cc1.Cc1ccc(C(C)(C)C)cn1.Cc1ccc(C(C)(C)C)nc1.Cc1ccc(C(C)(C)C)nc1.Cc1cccc2ccc(C(C)(C)C)nc12. The summed E-state index contributed by atoms with van der Waals surface area (Å²) in [5.41, 5.74) is 14.3. The Hall–Kier alpha value is -5.69. The average Bonchev–Trinajstić information content (AvgIpc) is 3.26. The van der Waals surface area contributed by atoms with Crippen molar-refractivity contribution in [1.82, 2.24) is 19.9 Å². The molecule has 0 fully saturated rings. The van der Waals surface area contributed by atoms with Crippen LogP contribution in [0.4, 0.5) is 13.2 Å². The number of aromatic nitrogens is 4. The average molecular weight is 997 g/mol. The maximum Gasteiger partial charge on any atom is 0.416 e. The molecule has 73 heavy (non-hydrogen) atoms. The van der Waals surface area contributed by atoms with Crippen LogP contribution in [0, 0.1) is 34.6 Å². The topological polar surface area (TPSA) is 51.6 Å². The molecule has 0 unspecified atom stereocenters. The minimum atomic E-state index is -4.25. The number of aryl methyl sites for hydroxylation is 5. The van der Waals surface area contributed by atoms with E-state index in [0.29, 0.717) is 5.56 Å². The van der Waals surface area contributed by atoms with E-state index in [2.05, 4.69) is 237 Å². The van der Waals surface area contributed by atoms with Crippen LogP contribution < -0.4 is 0 Å². The fraction of sp³-hybridized carbons (Fsp3) is 0.455. The number of alkyl halides is 3. The van der Waals surface area contributed by atoms with Crippen molar-refractivity contribution in [2.45, 2.75) is 198 Å². The number of para-hydroxylation sites is 1.